The first kappa shape index (κ1) is 12.5. The van der Waals surface area contributed by atoms with Crippen LogP contribution in [0.15, 0.2) is 6.20 Å². The van der Waals surface area contributed by atoms with E-state index < -0.39 is 6.10 Å². The van der Waals surface area contributed by atoms with E-state index in [-0.39, 0.29) is 11.8 Å². The smallest absolute Gasteiger partial charge is 0.265 e. The van der Waals surface area contributed by atoms with Gasteiger partial charge in [0, 0.05) is 13.1 Å². The molecule has 1 aromatic rings. The van der Waals surface area contributed by atoms with Crippen molar-refractivity contribution < 1.29 is 9.90 Å². The number of hydrogen-bond donors (Lipinski definition) is 1. The Morgan fingerprint density at radius 1 is 1.71 bits per heavy atom. The molecule has 1 fully saturated rings. The molecule has 0 spiro atoms. The molecule has 0 radical (unpaired) electrons. The predicted octanol–water partition coefficient (Wildman–Crippen LogP) is 1.55. The van der Waals surface area contributed by atoms with Gasteiger partial charge in [-0.15, -0.1) is 11.3 Å². The van der Waals surface area contributed by atoms with E-state index in [1.807, 2.05) is 13.8 Å². The van der Waals surface area contributed by atoms with Gasteiger partial charge in [-0.05, 0) is 18.8 Å². The second-order valence-electron chi connectivity index (χ2n) is 4.56. The Labute approximate surface area is 105 Å². The van der Waals surface area contributed by atoms with Crippen LogP contribution in [0.1, 0.15) is 34.9 Å². The number of thiazole rings is 1. The average Bonchev–Trinajstić information content (AvgIpc) is 2.80. The summed E-state index contributed by atoms with van der Waals surface area (Å²) in [6, 6.07) is 0. The average molecular weight is 254 g/mol. The molecule has 0 saturated carbocycles. The quantitative estimate of drug-likeness (QED) is 0.871. The molecule has 4 nitrogen and oxygen atoms in total. The number of amides is 1. The summed E-state index contributed by atoms with van der Waals surface area (Å²) in [7, 11) is 0. The number of hydrogen-bond acceptors (Lipinski definition) is 4. The van der Waals surface area contributed by atoms with Gasteiger partial charge in [-0.3, -0.25) is 4.79 Å². The van der Waals surface area contributed by atoms with Crippen molar-refractivity contribution in [1.29, 1.82) is 0 Å². The molecule has 0 aliphatic carbocycles. The lowest BCUT2D eigenvalue weighted by Gasteiger charge is -2.33. The number of aromatic nitrogens is 1. The van der Waals surface area contributed by atoms with Crippen LogP contribution >= 0.6 is 11.3 Å². The van der Waals surface area contributed by atoms with Gasteiger partial charge in [-0.1, -0.05) is 13.8 Å². The fraction of sp³-hybridized carbons (Fsp3) is 0.667. The molecule has 5 heteroatoms. The molecule has 2 heterocycles. The van der Waals surface area contributed by atoms with Gasteiger partial charge in [0.15, 0.2) is 0 Å². The second kappa shape index (κ2) is 5.14. The van der Waals surface area contributed by atoms with Gasteiger partial charge in [-0.25, -0.2) is 4.98 Å². The molecule has 1 N–H and O–H groups in total. The summed E-state index contributed by atoms with van der Waals surface area (Å²) < 4.78 is 0. The minimum atomic E-state index is -0.397. The molecular weight excluding hydrogens is 236 g/mol. The van der Waals surface area contributed by atoms with Crippen molar-refractivity contribution in [1.82, 2.24) is 9.88 Å². The number of rotatable bonds is 2. The molecular formula is C12H18N2O2S. The van der Waals surface area contributed by atoms with Gasteiger partial charge in [0.25, 0.3) is 5.91 Å². The third-order valence-corrected chi connectivity index (χ3v) is 4.40. The summed E-state index contributed by atoms with van der Waals surface area (Å²) in [5, 5.41) is 10.8. The molecule has 1 aliphatic rings. The number of nitrogens with zero attached hydrogens (tertiary/aromatic N) is 2. The fourth-order valence-electron chi connectivity index (χ4n) is 1.96. The topological polar surface area (TPSA) is 53.4 Å². The zero-order valence-corrected chi connectivity index (χ0v) is 11.0. The monoisotopic (exact) mass is 254 g/mol. The number of piperidine rings is 1. The van der Waals surface area contributed by atoms with E-state index in [1.54, 1.807) is 11.1 Å². The third kappa shape index (κ3) is 2.66. The van der Waals surface area contributed by atoms with Gasteiger partial charge in [0.05, 0.1) is 17.3 Å². The SMILES string of the molecule is CCc1ncc(C(=O)N2CCC(C)C(O)C2)s1. The van der Waals surface area contributed by atoms with Gasteiger partial charge in [0.1, 0.15) is 4.88 Å². The van der Waals surface area contributed by atoms with E-state index >= 15 is 0 Å². The zero-order valence-electron chi connectivity index (χ0n) is 10.2. The number of aliphatic hydroxyl groups excluding tert-OH is 1. The Morgan fingerprint density at radius 3 is 3.06 bits per heavy atom. The number of aryl methyl sites for hydroxylation is 1. The van der Waals surface area contributed by atoms with E-state index in [2.05, 4.69) is 4.98 Å². The van der Waals surface area contributed by atoms with Crippen molar-refractivity contribution in [2.45, 2.75) is 32.8 Å². The number of carbonyl (C=O) groups excluding carboxylic acids is 1. The van der Waals surface area contributed by atoms with E-state index in [0.717, 1.165) is 24.4 Å². The first-order chi connectivity index (χ1) is 8.11. The molecule has 94 valence electrons. The van der Waals surface area contributed by atoms with Crippen LogP contribution < -0.4 is 0 Å². The Morgan fingerprint density at radius 2 is 2.47 bits per heavy atom. The van der Waals surface area contributed by atoms with Crippen LogP contribution in [0.2, 0.25) is 0 Å². The Balaban J connectivity index is 2.05. The number of likely N-dealkylation sites (tertiary alicyclic amines) is 1. The van der Waals surface area contributed by atoms with Crippen LogP contribution in [-0.2, 0) is 6.42 Å². The third-order valence-electron chi connectivity index (χ3n) is 3.27. The number of β-amino-alcohol motifs (C(OH)–C–C–N with tert-alkyl or cyclic N) is 1. The van der Waals surface area contributed by atoms with Crippen LogP contribution in [0.5, 0.6) is 0 Å². The maximum Gasteiger partial charge on any atom is 0.265 e. The molecule has 1 amide bonds. The standard InChI is InChI=1S/C12H18N2O2S/c1-3-11-13-6-10(17-11)12(16)14-5-4-8(2)9(15)7-14/h6,8-9,15H,3-5,7H2,1-2H3. The highest BCUT2D eigenvalue weighted by Crippen LogP contribution is 2.21. The maximum absolute atomic E-state index is 12.2. The predicted molar refractivity (Wildman–Crippen MR) is 67.2 cm³/mol. The van der Waals surface area contributed by atoms with Crippen molar-refractivity contribution >= 4 is 17.2 Å². The first-order valence-electron chi connectivity index (χ1n) is 6.03. The minimum absolute atomic E-state index is 0.00755. The zero-order chi connectivity index (χ0) is 12.4. The highest BCUT2D eigenvalue weighted by molar-refractivity contribution is 7.13. The van der Waals surface area contributed by atoms with Crippen molar-refractivity contribution in [2.24, 2.45) is 5.92 Å². The summed E-state index contributed by atoms with van der Waals surface area (Å²) in [6.45, 7) is 5.23. The number of carbonyl (C=O) groups is 1. The van der Waals surface area contributed by atoms with Crippen molar-refractivity contribution in [3.8, 4) is 0 Å². The Bertz CT molecular complexity index is 405. The normalized spacial score (nSPS) is 25.0. The molecule has 1 aliphatic heterocycles. The maximum atomic E-state index is 12.2. The van der Waals surface area contributed by atoms with E-state index in [0.29, 0.717) is 11.4 Å². The molecule has 0 aromatic carbocycles. The van der Waals surface area contributed by atoms with Gasteiger partial charge < -0.3 is 10.0 Å². The highest BCUT2D eigenvalue weighted by Gasteiger charge is 2.28. The van der Waals surface area contributed by atoms with E-state index in [1.165, 1.54) is 11.3 Å². The Hall–Kier alpha value is -0.940. The molecule has 1 aromatic heterocycles. The van der Waals surface area contributed by atoms with Gasteiger partial charge in [-0.2, -0.15) is 0 Å². The van der Waals surface area contributed by atoms with Crippen molar-refractivity contribution in [3.63, 3.8) is 0 Å². The van der Waals surface area contributed by atoms with Gasteiger partial charge >= 0.3 is 0 Å². The molecule has 2 unspecified atom stereocenters. The second-order valence-corrected chi connectivity index (χ2v) is 5.67. The van der Waals surface area contributed by atoms with E-state index in [9.17, 15) is 9.90 Å². The molecule has 17 heavy (non-hydrogen) atoms. The number of aliphatic hydroxyl groups is 1. The van der Waals surface area contributed by atoms with Crippen LogP contribution in [-0.4, -0.2) is 40.1 Å². The highest BCUT2D eigenvalue weighted by atomic mass is 32.1. The van der Waals surface area contributed by atoms with Crippen LogP contribution in [0.3, 0.4) is 0 Å². The van der Waals surface area contributed by atoms with Crippen molar-refractivity contribution in [2.75, 3.05) is 13.1 Å². The Kier molecular flexibility index (Phi) is 3.79. The lowest BCUT2D eigenvalue weighted by molar-refractivity contribution is 0.0251. The van der Waals surface area contributed by atoms with Crippen molar-refractivity contribution in [3.05, 3.63) is 16.1 Å². The van der Waals surface area contributed by atoms with Crippen LogP contribution in [0, 0.1) is 5.92 Å². The molecule has 0 bridgehead atoms. The fourth-order valence-corrected chi connectivity index (χ4v) is 2.79. The summed E-state index contributed by atoms with van der Waals surface area (Å²) >= 11 is 1.45. The van der Waals surface area contributed by atoms with Gasteiger partial charge in [0.2, 0.25) is 0 Å². The lowest BCUT2D eigenvalue weighted by Crippen LogP contribution is -2.45. The lowest BCUT2D eigenvalue weighted by atomic mass is 9.96. The minimum Gasteiger partial charge on any atom is -0.391 e. The molecule has 2 atom stereocenters. The summed E-state index contributed by atoms with van der Waals surface area (Å²) in [6.07, 6.45) is 2.98. The molecule has 1 saturated heterocycles. The van der Waals surface area contributed by atoms with E-state index in [4.69, 9.17) is 0 Å². The summed E-state index contributed by atoms with van der Waals surface area (Å²) in [4.78, 5) is 18.8. The van der Waals surface area contributed by atoms with Crippen LogP contribution in [0.4, 0.5) is 0 Å². The summed E-state index contributed by atoms with van der Waals surface area (Å²) in [5.41, 5.74) is 0. The largest absolute Gasteiger partial charge is 0.391 e. The summed E-state index contributed by atoms with van der Waals surface area (Å²) in [5.74, 6) is 0.292. The van der Waals surface area contributed by atoms with Crippen LogP contribution in [0.25, 0.3) is 0 Å². The molecule has 2 rings (SSSR count). The first-order valence-corrected chi connectivity index (χ1v) is 6.85.